The van der Waals surface area contributed by atoms with Crippen LogP contribution in [0.4, 0.5) is 0 Å². The third-order valence-electron chi connectivity index (χ3n) is 1.73. The van der Waals surface area contributed by atoms with Gasteiger partial charge >= 0.3 is 0 Å². The van der Waals surface area contributed by atoms with E-state index in [0.29, 0.717) is 10.2 Å². The summed E-state index contributed by atoms with van der Waals surface area (Å²) in [6, 6.07) is 4.80. The van der Waals surface area contributed by atoms with Crippen molar-refractivity contribution >= 4 is 25.8 Å². The predicted molar refractivity (Wildman–Crippen MR) is 59.8 cm³/mol. The van der Waals surface area contributed by atoms with E-state index in [2.05, 4.69) is 20.7 Å². The zero-order valence-corrected chi connectivity index (χ0v) is 10.8. The number of ether oxygens (including phenoxy) is 2. The quantitative estimate of drug-likeness (QED) is 0.850. The van der Waals surface area contributed by atoms with E-state index in [-0.39, 0.29) is 10.8 Å². The number of hydrogen-bond donors (Lipinski definition) is 0. The Bertz CT molecular complexity index is 441. The molecule has 0 bridgehead atoms. The summed E-state index contributed by atoms with van der Waals surface area (Å²) in [4.78, 5) is 0.126. The summed E-state index contributed by atoms with van der Waals surface area (Å²) in [6.45, 7) is 0. The van der Waals surface area contributed by atoms with Crippen molar-refractivity contribution in [1.29, 1.82) is 0 Å². The summed E-state index contributed by atoms with van der Waals surface area (Å²) in [5, 5.41) is 0. The first-order valence-corrected chi connectivity index (χ1v) is 6.51. The first-order valence-electron chi connectivity index (χ1n) is 4.06. The van der Waals surface area contributed by atoms with Crippen LogP contribution in [-0.2, 0) is 14.6 Å². The lowest BCUT2D eigenvalue weighted by Gasteiger charge is -2.09. The van der Waals surface area contributed by atoms with Crippen LogP contribution >= 0.6 is 15.9 Å². The van der Waals surface area contributed by atoms with E-state index in [1.54, 1.807) is 12.1 Å². The number of hydrogen-bond acceptors (Lipinski definition) is 4. The molecule has 1 rings (SSSR count). The third-order valence-corrected chi connectivity index (χ3v) is 3.76. The Morgan fingerprint density at radius 3 is 2.53 bits per heavy atom. The Balaban J connectivity index is 3.28. The lowest BCUT2D eigenvalue weighted by molar-refractivity contribution is 0.249. The Morgan fingerprint density at radius 2 is 2.00 bits per heavy atom. The van der Waals surface area contributed by atoms with Crippen molar-refractivity contribution in [3.8, 4) is 5.75 Å². The largest absolute Gasteiger partial charge is 0.495 e. The fourth-order valence-corrected chi connectivity index (χ4v) is 2.83. The highest BCUT2D eigenvalue weighted by Crippen LogP contribution is 2.27. The number of methoxy groups -OCH3 is 2. The predicted octanol–water partition coefficient (Wildman–Crippen LogP) is 1.84. The van der Waals surface area contributed by atoms with Gasteiger partial charge in [-0.2, -0.15) is 0 Å². The number of halogens is 1. The molecule has 0 aliphatic carbocycles. The standard InChI is InChI=1S/C9H11BrO4S/c1-13-6-15(11,12)9-5-7(10)3-4-8(9)14-2/h3-5H,6H2,1-2H3. The van der Waals surface area contributed by atoms with Crippen molar-refractivity contribution in [3.05, 3.63) is 22.7 Å². The zero-order chi connectivity index (χ0) is 11.5. The smallest absolute Gasteiger partial charge is 0.206 e. The maximum absolute atomic E-state index is 11.7. The molecule has 0 amide bonds. The molecule has 1 aromatic rings. The molecule has 0 aromatic heterocycles. The van der Waals surface area contributed by atoms with Gasteiger partial charge in [0.05, 0.1) is 7.11 Å². The lowest BCUT2D eigenvalue weighted by atomic mass is 10.3. The first kappa shape index (κ1) is 12.5. The fourth-order valence-electron chi connectivity index (χ4n) is 1.11. The van der Waals surface area contributed by atoms with Crippen molar-refractivity contribution in [2.45, 2.75) is 4.90 Å². The average molecular weight is 295 g/mol. The van der Waals surface area contributed by atoms with Crippen LogP contribution in [0.2, 0.25) is 0 Å². The maximum atomic E-state index is 11.7. The number of rotatable bonds is 4. The minimum absolute atomic E-state index is 0.126. The molecule has 1 aromatic carbocycles. The topological polar surface area (TPSA) is 52.6 Å². The van der Waals surface area contributed by atoms with Crippen molar-refractivity contribution in [1.82, 2.24) is 0 Å². The van der Waals surface area contributed by atoms with Crippen molar-refractivity contribution in [2.24, 2.45) is 0 Å². The molecule has 0 saturated carbocycles. The highest BCUT2D eigenvalue weighted by Gasteiger charge is 2.19. The molecule has 0 N–H and O–H groups in total. The van der Waals surface area contributed by atoms with Crippen molar-refractivity contribution in [3.63, 3.8) is 0 Å². The van der Waals surface area contributed by atoms with Gasteiger partial charge in [-0.1, -0.05) is 15.9 Å². The van der Waals surface area contributed by atoms with Gasteiger partial charge in [-0.15, -0.1) is 0 Å². The maximum Gasteiger partial charge on any atom is 0.206 e. The van der Waals surface area contributed by atoms with E-state index < -0.39 is 9.84 Å². The van der Waals surface area contributed by atoms with Gasteiger partial charge in [-0.3, -0.25) is 0 Å². The van der Waals surface area contributed by atoms with Gasteiger partial charge in [0.25, 0.3) is 0 Å². The molecular weight excluding hydrogens is 284 g/mol. The highest BCUT2D eigenvalue weighted by molar-refractivity contribution is 9.10. The minimum Gasteiger partial charge on any atom is -0.495 e. The second kappa shape index (κ2) is 4.96. The number of sulfone groups is 1. The van der Waals surface area contributed by atoms with Crippen LogP contribution in [0.1, 0.15) is 0 Å². The molecule has 0 saturated heterocycles. The second-order valence-electron chi connectivity index (χ2n) is 2.82. The summed E-state index contributed by atoms with van der Waals surface area (Å²) in [6.07, 6.45) is 0. The number of benzene rings is 1. The van der Waals surface area contributed by atoms with Gasteiger partial charge in [0, 0.05) is 11.6 Å². The minimum atomic E-state index is -3.45. The highest BCUT2D eigenvalue weighted by atomic mass is 79.9. The van der Waals surface area contributed by atoms with E-state index in [1.807, 2.05) is 0 Å². The molecule has 4 nitrogen and oxygen atoms in total. The average Bonchev–Trinajstić information content (AvgIpc) is 2.17. The lowest BCUT2D eigenvalue weighted by Crippen LogP contribution is -2.09. The summed E-state index contributed by atoms with van der Waals surface area (Å²) >= 11 is 3.21. The Labute approximate surface area is 97.2 Å². The van der Waals surface area contributed by atoms with Crippen molar-refractivity contribution < 1.29 is 17.9 Å². The molecule has 0 fully saturated rings. The molecule has 0 spiro atoms. The van der Waals surface area contributed by atoms with Gasteiger partial charge in [-0.05, 0) is 18.2 Å². The van der Waals surface area contributed by atoms with Crippen LogP contribution in [0.15, 0.2) is 27.6 Å². The molecule has 6 heteroatoms. The van der Waals surface area contributed by atoms with Gasteiger partial charge < -0.3 is 9.47 Å². The molecular formula is C9H11BrO4S. The van der Waals surface area contributed by atoms with Gasteiger partial charge in [0.15, 0.2) is 5.94 Å². The molecule has 0 heterocycles. The first-order chi connectivity index (χ1) is 7.01. The monoisotopic (exact) mass is 294 g/mol. The van der Waals surface area contributed by atoms with Gasteiger partial charge in [0.2, 0.25) is 9.84 Å². The molecule has 0 unspecified atom stereocenters. The van der Waals surface area contributed by atoms with Crippen LogP contribution in [0.25, 0.3) is 0 Å². The second-order valence-corrected chi connectivity index (χ2v) is 5.64. The van der Waals surface area contributed by atoms with Crippen LogP contribution in [0.3, 0.4) is 0 Å². The third kappa shape index (κ3) is 2.93. The zero-order valence-electron chi connectivity index (χ0n) is 8.36. The van der Waals surface area contributed by atoms with E-state index in [9.17, 15) is 8.42 Å². The van der Waals surface area contributed by atoms with Gasteiger partial charge in [0.1, 0.15) is 10.6 Å². The van der Waals surface area contributed by atoms with Crippen LogP contribution in [0.5, 0.6) is 5.75 Å². The van der Waals surface area contributed by atoms with Crippen LogP contribution in [-0.4, -0.2) is 28.6 Å². The van der Waals surface area contributed by atoms with E-state index in [0.717, 1.165) is 0 Å². The van der Waals surface area contributed by atoms with Gasteiger partial charge in [-0.25, -0.2) is 8.42 Å². The SMILES string of the molecule is COCS(=O)(=O)c1cc(Br)ccc1OC. The van der Waals surface area contributed by atoms with Crippen LogP contribution < -0.4 is 4.74 Å². The van der Waals surface area contributed by atoms with Crippen LogP contribution in [0, 0.1) is 0 Å². The molecule has 0 aliphatic heterocycles. The molecule has 0 radical (unpaired) electrons. The fraction of sp³-hybridized carbons (Fsp3) is 0.333. The summed E-state index contributed by atoms with van der Waals surface area (Å²) in [5.41, 5.74) is 0. The molecule has 15 heavy (non-hydrogen) atoms. The van der Waals surface area contributed by atoms with E-state index in [4.69, 9.17) is 4.74 Å². The van der Waals surface area contributed by atoms with Crippen molar-refractivity contribution in [2.75, 3.05) is 20.2 Å². The Kier molecular flexibility index (Phi) is 4.12. The summed E-state index contributed by atoms with van der Waals surface area (Å²) < 4.78 is 33.8. The normalized spacial score (nSPS) is 11.4. The summed E-state index contributed by atoms with van der Waals surface area (Å²) in [7, 11) is -0.692. The Morgan fingerprint density at radius 1 is 1.33 bits per heavy atom. The van der Waals surface area contributed by atoms with E-state index in [1.165, 1.54) is 20.3 Å². The summed E-state index contributed by atoms with van der Waals surface area (Å²) in [5.74, 6) is -0.0463. The van der Waals surface area contributed by atoms with E-state index >= 15 is 0 Å². The molecule has 0 atom stereocenters. The Hall–Kier alpha value is -0.590. The molecule has 0 aliphatic rings. The molecule has 84 valence electrons.